The molecule has 0 radical (unpaired) electrons. The van der Waals surface area contributed by atoms with Crippen LogP contribution in [0.3, 0.4) is 0 Å². The predicted molar refractivity (Wildman–Crippen MR) is 244 cm³/mol. The molecule has 2 atom stereocenters. The molecule has 1 heterocycles. The number of para-hydroxylation sites is 2. The Hall–Kier alpha value is -6.12. The van der Waals surface area contributed by atoms with Crippen molar-refractivity contribution in [3.05, 3.63) is 185 Å². The largest absolute Gasteiger partial charge is 0.456 e. The van der Waals surface area contributed by atoms with Crippen molar-refractivity contribution < 1.29 is 4.42 Å². The van der Waals surface area contributed by atoms with Gasteiger partial charge in [0.15, 0.2) is 0 Å². The number of fused-ring (bicyclic) bond motifs is 7. The minimum absolute atomic E-state index is 0.110. The summed E-state index contributed by atoms with van der Waals surface area (Å²) in [6, 6.07) is 56.9. The maximum atomic E-state index is 6.29. The van der Waals surface area contributed by atoms with Gasteiger partial charge in [-0.2, -0.15) is 0 Å². The molecule has 3 aliphatic rings. The van der Waals surface area contributed by atoms with Crippen LogP contribution in [0, 0.1) is 5.92 Å². The summed E-state index contributed by atoms with van der Waals surface area (Å²) >= 11 is 0. The van der Waals surface area contributed by atoms with Gasteiger partial charge in [0.05, 0.1) is 11.4 Å². The Labute approximate surface area is 341 Å². The van der Waals surface area contributed by atoms with Gasteiger partial charge in [-0.3, -0.25) is 0 Å². The topological polar surface area (TPSA) is 16.4 Å². The quantitative estimate of drug-likeness (QED) is 0.168. The molecule has 1 aromatic heterocycles. The summed E-state index contributed by atoms with van der Waals surface area (Å²) in [5, 5.41) is 5.13. The number of anilines is 3. The van der Waals surface area contributed by atoms with Gasteiger partial charge in [0.25, 0.3) is 0 Å². The van der Waals surface area contributed by atoms with E-state index in [1.165, 1.54) is 109 Å². The smallest absolute Gasteiger partial charge is 0.135 e. The monoisotopic (exact) mass is 751 g/mol. The van der Waals surface area contributed by atoms with E-state index in [-0.39, 0.29) is 11.3 Å². The molecule has 0 N–H and O–H groups in total. The zero-order valence-electron chi connectivity index (χ0n) is 33.7. The summed E-state index contributed by atoms with van der Waals surface area (Å²) in [6.45, 7) is 7.07. The van der Waals surface area contributed by atoms with Crippen molar-refractivity contribution in [1.82, 2.24) is 0 Å². The van der Waals surface area contributed by atoms with Crippen molar-refractivity contribution in [1.29, 1.82) is 0 Å². The molecule has 58 heavy (non-hydrogen) atoms. The van der Waals surface area contributed by atoms with Gasteiger partial charge >= 0.3 is 0 Å². The van der Waals surface area contributed by atoms with Gasteiger partial charge in [-0.1, -0.05) is 167 Å². The molecule has 2 unspecified atom stereocenters. The van der Waals surface area contributed by atoms with Crippen molar-refractivity contribution in [3.63, 3.8) is 0 Å². The summed E-state index contributed by atoms with van der Waals surface area (Å²) in [5.74, 6) is 1.14. The molecule has 0 bridgehead atoms. The fourth-order valence-electron chi connectivity index (χ4n) is 10.9. The fraction of sp³-hybridized carbons (Fsp3) is 0.214. The summed E-state index contributed by atoms with van der Waals surface area (Å²) < 4.78 is 6.29. The van der Waals surface area contributed by atoms with E-state index in [4.69, 9.17) is 4.42 Å². The number of nitrogens with zero attached hydrogens (tertiary/aromatic N) is 1. The van der Waals surface area contributed by atoms with Gasteiger partial charge in [0.2, 0.25) is 0 Å². The van der Waals surface area contributed by atoms with Gasteiger partial charge in [-0.25, -0.2) is 0 Å². The lowest BCUT2D eigenvalue weighted by Crippen LogP contribution is -2.28. The first-order chi connectivity index (χ1) is 28.5. The van der Waals surface area contributed by atoms with Crippen molar-refractivity contribution in [3.8, 4) is 22.3 Å². The van der Waals surface area contributed by atoms with Gasteiger partial charge < -0.3 is 9.32 Å². The van der Waals surface area contributed by atoms with Crippen LogP contribution in [0.2, 0.25) is 0 Å². The second kappa shape index (κ2) is 13.8. The van der Waals surface area contributed by atoms with Crippen molar-refractivity contribution >= 4 is 51.0 Å². The number of rotatable bonds is 6. The lowest BCUT2D eigenvalue weighted by atomic mass is 9.80. The Morgan fingerprint density at radius 1 is 0.586 bits per heavy atom. The molecule has 8 aromatic rings. The maximum absolute atomic E-state index is 6.29. The van der Waals surface area contributed by atoms with Gasteiger partial charge in [0.1, 0.15) is 11.0 Å². The summed E-state index contributed by atoms with van der Waals surface area (Å²) in [5.41, 5.74) is 16.2. The SMILES string of the molecule is CC1C=c2oc3ccccc3c2=CC1c1ccc(N(c2ccccc2-c2cccc3cccc(C4CCCCC4)c23)c2cccc3c2-c2ccccc2C3(C)C)cc1. The number of benzene rings is 7. The van der Waals surface area contributed by atoms with Crippen LogP contribution in [0.5, 0.6) is 0 Å². The van der Waals surface area contributed by atoms with Crippen LogP contribution in [0.4, 0.5) is 17.1 Å². The van der Waals surface area contributed by atoms with Gasteiger partial charge in [-0.15, -0.1) is 0 Å². The molecule has 0 saturated heterocycles. The maximum Gasteiger partial charge on any atom is 0.135 e. The molecule has 0 aliphatic heterocycles. The Bertz CT molecular complexity index is 2990. The minimum atomic E-state index is -0.110. The average Bonchev–Trinajstić information content (AvgIpc) is 3.75. The highest BCUT2D eigenvalue weighted by molar-refractivity contribution is 6.05. The minimum Gasteiger partial charge on any atom is -0.456 e. The first-order valence-corrected chi connectivity index (χ1v) is 21.4. The van der Waals surface area contributed by atoms with Crippen molar-refractivity contribution in [2.75, 3.05) is 4.90 Å². The van der Waals surface area contributed by atoms with Crippen LogP contribution in [-0.4, -0.2) is 0 Å². The predicted octanol–water partition coefficient (Wildman–Crippen LogP) is 14.1. The van der Waals surface area contributed by atoms with E-state index in [2.05, 4.69) is 189 Å². The van der Waals surface area contributed by atoms with Crippen LogP contribution in [0.25, 0.3) is 56.1 Å². The molecule has 284 valence electrons. The Kier molecular flexibility index (Phi) is 8.33. The Balaban J connectivity index is 1.11. The molecule has 2 heteroatoms. The molecule has 1 saturated carbocycles. The van der Waals surface area contributed by atoms with E-state index >= 15 is 0 Å². The second-order valence-electron chi connectivity index (χ2n) is 17.5. The van der Waals surface area contributed by atoms with Crippen LogP contribution in [-0.2, 0) is 5.41 Å². The molecule has 7 aromatic carbocycles. The van der Waals surface area contributed by atoms with Gasteiger partial charge in [-0.05, 0) is 105 Å². The van der Waals surface area contributed by atoms with E-state index in [0.717, 1.165) is 16.7 Å². The van der Waals surface area contributed by atoms with Gasteiger partial charge in [0, 0.05) is 38.8 Å². The first kappa shape index (κ1) is 35.1. The molecule has 0 amide bonds. The van der Waals surface area contributed by atoms with Crippen molar-refractivity contribution in [2.45, 2.75) is 70.1 Å². The van der Waals surface area contributed by atoms with E-state index in [1.807, 2.05) is 0 Å². The fourth-order valence-corrected chi connectivity index (χ4v) is 10.9. The Morgan fingerprint density at radius 2 is 1.26 bits per heavy atom. The third-order valence-electron chi connectivity index (χ3n) is 13.8. The van der Waals surface area contributed by atoms with Crippen LogP contribution in [0.1, 0.15) is 87.0 Å². The summed E-state index contributed by atoms with van der Waals surface area (Å²) in [7, 11) is 0. The molecule has 11 rings (SSSR count). The zero-order chi connectivity index (χ0) is 39.0. The normalized spacial score (nSPS) is 18.3. The highest BCUT2D eigenvalue weighted by atomic mass is 16.3. The molecular formula is C56H49NO. The molecular weight excluding hydrogens is 703 g/mol. The van der Waals surface area contributed by atoms with Crippen LogP contribution >= 0.6 is 0 Å². The van der Waals surface area contributed by atoms with Crippen LogP contribution in [0.15, 0.2) is 156 Å². The van der Waals surface area contributed by atoms with E-state index < -0.39 is 0 Å². The van der Waals surface area contributed by atoms with Crippen molar-refractivity contribution in [2.24, 2.45) is 5.92 Å². The summed E-state index contributed by atoms with van der Waals surface area (Å²) in [6.07, 6.45) is 11.3. The first-order valence-electron chi connectivity index (χ1n) is 21.4. The average molecular weight is 752 g/mol. The molecule has 3 aliphatic carbocycles. The molecule has 2 nitrogen and oxygen atoms in total. The number of furan rings is 1. The highest BCUT2D eigenvalue weighted by Gasteiger charge is 2.38. The van der Waals surface area contributed by atoms with E-state index in [9.17, 15) is 0 Å². The standard InChI is InChI=1S/C56H49NO/c1-36-34-53-47(43-21-9-12-29-52(43)58-53)35-46(36)38-30-32-40(33-31-38)57(51-28-15-26-49-55(51)45-22-7-10-25-48(45)56(49,2)3)50-27-11-8-20-42(50)44-24-14-19-39-18-13-23-41(54(39)44)37-16-5-4-6-17-37/h7-15,18-37,46H,4-6,16-17H2,1-3H3. The van der Waals surface area contributed by atoms with E-state index in [0.29, 0.717) is 11.8 Å². The summed E-state index contributed by atoms with van der Waals surface area (Å²) in [4.78, 5) is 2.56. The Morgan fingerprint density at radius 3 is 2.10 bits per heavy atom. The molecule has 1 fully saturated rings. The van der Waals surface area contributed by atoms with E-state index in [1.54, 1.807) is 0 Å². The highest BCUT2D eigenvalue weighted by Crippen LogP contribution is 2.55. The lowest BCUT2D eigenvalue weighted by molar-refractivity contribution is 0.445. The zero-order valence-corrected chi connectivity index (χ0v) is 33.7. The second-order valence-corrected chi connectivity index (χ2v) is 17.5. The number of hydrogen-bond donors (Lipinski definition) is 0. The third-order valence-corrected chi connectivity index (χ3v) is 13.8. The number of hydrogen-bond acceptors (Lipinski definition) is 2. The van der Waals surface area contributed by atoms with Crippen LogP contribution < -0.4 is 15.5 Å². The lowest BCUT2D eigenvalue weighted by Gasteiger charge is -2.31. The molecule has 0 spiro atoms. The third kappa shape index (κ3) is 5.52.